The molecule has 2 aliphatic rings. The van der Waals surface area contributed by atoms with Gasteiger partial charge in [-0.05, 0) is 70.3 Å². The average Bonchev–Trinajstić information content (AvgIpc) is 2.87. The zero-order valence-corrected chi connectivity index (χ0v) is 22.3. The number of unbranched alkanes of at least 4 members (excludes halogenated alkanes) is 11. The minimum absolute atomic E-state index is 0.0304. The molecule has 0 amide bonds. The van der Waals surface area contributed by atoms with Crippen molar-refractivity contribution in [1.29, 1.82) is 0 Å². The third kappa shape index (κ3) is 14.5. The smallest absolute Gasteiger partial charge is 0.305 e. The van der Waals surface area contributed by atoms with Gasteiger partial charge in [-0.25, -0.2) is 0 Å². The van der Waals surface area contributed by atoms with Gasteiger partial charge in [-0.1, -0.05) is 88.2 Å². The highest BCUT2D eigenvalue weighted by Gasteiger charge is 2.27. The van der Waals surface area contributed by atoms with Crippen LogP contribution in [0, 0.1) is 0 Å². The summed E-state index contributed by atoms with van der Waals surface area (Å²) in [6.45, 7) is 2.29. The SMILES string of the molecule is CCCCCCCC/C=C\CCCCCCCC(=O)OC[C@H]1O[C@H](CC2=CCCCC2)C=CC1=O. The van der Waals surface area contributed by atoms with Crippen LogP contribution in [0.25, 0.3) is 0 Å². The summed E-state index contributed by atoms with van der Waals surface area (Å²) in [4.78, 5) is 24.2. The van der Waals surface area contributed by atoms with Crippen LogP contribution in [0.15, 0.2) is 36.0 Å². The maximum Gasteiger partial charge on any atom is 0.305 e. The maximum absolute atomic E-state index is 12.1. The van der Waals surface area contributed by atoms with E-state index in [1.54, 1.807) is 6.08 Å². The maximum atomic E-state index is 12.1. The molecule has 4 nitrogen and oxygen atoms in total. The number of allylic oxidation sites excluding steroid dienone is 3. The fourth-order valence-corrected chi connectivity index (χ4v) is 4.80. The Kier molecular flexibility index (Phi) is 16.5. The van der Waals surface area contributed by atoms with E-state index < -0.39 is 6.10 Å². The Hall–Kier alpha value is -1.68. The van der Waals surface area contributed by atoms with Gasteiger partial charge in [0, 0.05) is 6.42 Å². The molecule has 2 rings (SSSR count). The molecule has 35 heavy (non-hydrogen) atoms. The number of carbonyl (C=O) groups excluding carboxylic acids is 2. The van der Waals surface area contributed by atoms with Crippen molar-refractivity contribution in [2.24, 2.45) is 0 Å². The summed E-state index contributed by atoms with van der Waals surface area (Å²) in [5.41, 5.74) is 1.42. The fraction of sp³-hybridized carbons (Fsp3) is 0.742. The molecule has 0 spiro atoms. The standard InChI is InChI=1S/C31H50O4/c1-2-3-4-5-6-7-8-9-10-11-12-13-14-15-19-22-31(33)34-26-30-29(32)24-23-28(35-30)25-27-20-17-16-18-21-27/h9-10,20,23-24,28,30H,2-8,11-19,21-22,25-26H2,1H3/b10-9-/t28-,30+/m0/s1. The van der Waals surface area contributed by atoms with Crippen LogP contribution < -0.4 is 0 Å². The third-order valence-electron chi connectivity index (χ3n) is 7.02. The lowest BCUT2D eigenvalue weighted by Crippen LogP contribution is -2.36. The van der Waals surface area contributed by atoms with Crippen molar-refractivity contribution >= 4 is 11.8 Å². The molecule has 1 aliphatic carbocycles. The molecule has 1 aliphatic heterocycles. The van der Waals surface area contributed by atoms with Gasteiger partial charge in [0.1, 0.15) is 6.61 Å². The van der Waals surface area contributed by atoms with Crippen LogP contribution in [0.2, 0.25) is 0 Å². The molecule has 0 aromatic carbocycles. The van der Waals surface area contributed by atoms with E-state index in [0.717, 1.165) is 38.5 Å². The van der Waals surface area contributed by atoms with Crippen molar-refractivity contribution in [1.82, 2.24) is 0 Å². The Morgan fingerprint density at radius 2 is 1.66 bits per heavy atom. The van der Waals surface area contributed by atoms with Crippen molar-refractivity contribution in [2.75, 3.05) is 6.61 Å². The molecule has 0 saturated heterocycles. The number of ether oxygens (including phenoxy) is 2. The van der Waals surface area contributed by atoms with Crippen molar-refractivity contribution in [3.8, 4) is 0 Å². The summed E-state index contributed by atoms with van der Waals surface area (Å²) in [6, 6.07) is 0. The summed E-state index contributed by atoms with van der Waals surface area (Å²) in [6.07, 6.45) is 31.8. The van der Waals surface area contributed by atoms with E-state index in [2.05, 4.69) is 25.2 Å². The summed E-state index contributed by atoms with van der Waals surface area (Å²) in [5, 5.41) is 0. The van der Waals surface area contributed by atoms with Gasteiger partial charge in [0.2, 0.25) is 0 Å². The Labute approximate surface area is 214 Å². The van der Waals surface area contributed by atoms with Crippen LogP contribution in [0.4, 0.5) is 0 Å². The molecule has 1 heterocycles. The summed E-state index contributed by atoms with van der Waals surface area (Å²) < 4.78 is 11.3. The van der Waals surface area contributed by atoms with Gasteiger partial charge >= 0.3 is 5.97 Å². The molecule has 0 unspecified atom stereocenters. The minimum Gasteiger partial charge on any atom is -0.462 e. The number of esters is 1. The average molecular weight is 487 g/mol. The molecule has 0 fully saturated rings. The van der Waals surface area contributed by atoms with Gasteiger partial charge in [0.05, 0.1) is 6.10 Å². The normalized spacial score (nSPS) is 20.4. The van der Waals surface area contributed by atoms with Crippen LogP contribution in [0.5, 0.6) is 0 Å². The zero-order chi connectivity index (χ0) is 25.0. The van der Waals surface area contributed by atoms with Gasteiger partial charge in [-0.15, -0.1) is 0 Å². The first-order valence-electron chi connectivity index (χ1n) is 14.5. The van der Waals surface area contributed by atoms with Gasteiger partial charge in [-0.3, -0.25) is 9.59 Å². The second-order valence-corrected chi connectivity index (χ2v) is 10.3. The first-order valence-corrected chi connectivity index (χ1v) is 14.5. The number of hydrogen-bond acceptors (Lipinski definition) is 4. The molecular formula is C31H50O4. The molecule has 0 N–H and O–H groups in total. The molecule has 2 atom stereocenters. The Balaban J connectivity index is 1.43. The third-order valence-corrected chi connectivity index (χ3v) is 7.02. The largest absolute Gasteiger partial charge is 0.462 e. The number of rotatable bonds is 19. The molecule has 0 radical (unpaired) electrons. The predicted molar refractivity (Wildman–Crippen MR) is 144 cm³/mol. The van der Waals surface area contributed by atoms with E-state index in [1.165, 1.54) is 82.6 Å². The van der Waals surface area contributed by atoms with Crippen molar-refractivity contribution in [3.05, 3.63) is 36.0 Å². The summed E-state index contributed by atoms with van der Waals surface area (Å²) in [7, 11) is 0. The topological polar surface area (TPSA) is 52.6 Å². The van der Waals surface area contributed by atoms with Gasteiger partial charge in [0.15, 0.2) is 11.9 Å². The molecule has 4 heteroatoms. The van der Waals surface area contributed by atoms with Crippen LogP contribution in [-0.4, -0.2) is 30.6 Å². The van der Waals surface area contributed by atoms with Crippen LogP contribution in [-0.2, 0) is 19.1 Å². The lowest BCUT2D eigenvalue weighted by atomic mass is 9.94. The van der Waals surface area contributed by atoms with Gasteiger partial charge < -0.3 is 9.47 Å². The summed E-state index contributed by atoms with van der Waals surface area (Å²) >= 11 is 0. The van der Waals surface area contributed by atoms with E-state index in [4.69, 9.17) is 9.47 Å². The summed E-state index contributed by atoms with van der Waals surface area (Å²) in [5.74, 6) is -0.326. The van der Waals surface area contributed by atoms with Crippen LogP contribution >= 0.6 is 0 Å². The van der Waals surface area contributed by atoms with Crippen molar-refractivity contribution < 1.29 is 19.1 Å². The number of ketones is 1. The van der Waals surface area contributed by atoms with Crippen molar-refractivity contribution in [3.63, 3.8) is 0 Å². The van der Waals surface area contributed by atoms with E-state index in [1.807, 2.05) is 6.08 Å². The molecule has 198 valence electrons. The number of carbonyl (C=O) groups is 2. The Morgan fingerprint density at radius 1 is 0.971 bits per heavy atom. The molecule has 0 aromatic heterocycles. The highest BCUT2D eigenvalue weighted by Crippen LogP contribution is 2.25. The fourth-order valence-electron chi connectivity index (χ4n) is 4.80. The van der Waals surface area contributed by atoms with Gasteiger partial charge in [0.25, 0.3) is 0 Å². The molecular weight excluding hydrogens is 436 g/mol. The van der Waals surface area contributed by atoms with E-state index in [0.29, 0.717) is 6.42 Å². The van der Waals surface area contributed by atoms with Crippen molar-refractivity contribution in [2.45, 2.75) is 141 Å². The van der Waals surface area contributed by atoms with E-state index in [-0.39, 0.29) is 24.5 Å². The minimum atomic E-state index is -0.660. The zero-order valence-electron chi connectivity index (χ0n) is 22.3. The lowest BCUT2D eigenvalue weighted by Gasteiger charge is -2.26. The Morgan fingerprint density at radius 3 is 2.34 bits per heavy atom. The van der Waals surface area contributed by atoms with E-state index >= 15 is 0 Å². The highest BCUT2D eigenvalue weighted by molar-refractivity contribution is 5.94. The monoisotopic (exact) mass is 486 g/mol. The molecule has 0 aromatic rings. The highest BCUT2D eigenvalue weighted by atomic mass is 16.6. The van der Waals surface area contributed by atoms with E-state index in [9.17, 15) is 9.59 Å². The second kappa shape index (κ2) is 19.5. The van der Waals surface area contributed by atoms with Gasteiger partial charge in [-0.2, -0.15) is 0 Å². The second-order valence-electron chi connectivity index (χ2n) is 10.3. The lowest BCUT2D eigenvalue weighted by molar-refractivity contribution is -0.152. The molecule has 0 saturated carbocycles. The number of hydrogen-bond donors (Lipinski definition) is 0. The first kappa shape index (κ1) is 29.5. The predicted octanol–water partition coefficient (Wildman–Crippen LogP) is 8.35. The first-order chi connectivity index (χ1) is 17.2. The Bertz CT molecular complexity index is 675. The van der Waals surface area contributed by atoms with Crippen LogP contribution in [0.3, 0.4) is 0 Å². The molecule has 0 bridgehead atoms. The van der Waals surface area contributed by atoms with Crippen LogP contribution in [0.1, 0.15) is 129 Å². The quantitative estimate of drug-likeness (QED) is 0.105.